The van der Waals surface area contributed by atoms with Crippen LogP contribution in [-0.4, -0.2) is 5.33 Å². The monoisotopic (exact) mass is 434 g/mol. The Morgan fingerprint density at radius 3 is 2.25 bits per heavy atom. The summed E-state index contributed by atoms with van der Waals surface area (Å²) in [6, 6.07) is 14.1. The molecule has 0 spiro atoms. The molecule has 0 heterocycles. The van der Waals surface area contributed by atoms with E-state index in [-0.39, 0.29) is 0 Å². The summed E-state index contributed by atoms with van der Waals surface area (Å²) in [4.78, 5) is 0. The Balaban J connectivity index is 2.07. The van der Waals surface area contributed by atoms with Gasteiger partial charge in [0.05, 0.1) is 0 Å². The van der Waals surface area contributed by atoms with Crippen molar-refractivity contribution in [1.29, 1.82) is 0 Å². The van der Waals surface area contributed by atoms with Crippen molar-refractivity contribution in [3.63, 3.8) is 0 Å². The third-order valence-electron chi connectivity index (χ3n) is 3.18. The van der Waals surface area contributed by atoms with Crippen LogP contribution in [0.25, 0.3) is 0 Å². The van der Waals surface area contributed by atoms with Gasteiger partial charge < -0.3 is 0 Å². The maximum atomic E-state index is 6.29. The molecule has 0 amide bonds. The van der Waals surface area contributed by atoms with Gasteiger partial charge in [0.1, 0.15) is 0 Å². The first-order valence-corrected chi connectivity index (χ1v) is 9.00. The molecule has 0 aliphatic heterocycles. The van der Waals surface area contributed by atoms with Crippen molar-refractivity contribution in [2.75, 3.05) is 5.33 Å². The van der Waals surface area contributed by atoms with E-state index in [1.807, 2.05) is 24.3 Å². The Bertz CT molecular complexity index is 567. The molecule has 0 radical (unpaired) electrons. The Morgan fingerprint density at radius 1 is 0.950 bits per heavy atom. The van der Waals surface area contributed by atoms with Gasteiger partial charge in [0.2, 0.25) is 0 Å². The standard InChI is InChI=1S/C16H14Br2Cl2/c17-10-12(7-11-1-5-15(19)6-2-11)8-13-3-4-14(18)9-16(13)20/h1-6,9,12H,7-8,10H2. The highest BCUT2D eigenvalue weighted by Gasteiger charge is 2.12. The van der Waals surface area contributed by atoms with Crippen LogP contribution < -0.4 is 0 Å². The predicted molar refractivity (Wildman–Crippen MR) is 95.3 cm³/mol. The zero-order valence-corrected chi connectivity index (χ0v) is 15.4. The predicted octanol–water partition coefficient (Wildman–Crippen LogP) is 6.55. The van der Waals surface area contributed by atoms with Crippen molar-refractivity contribution in [3.8, 4) is 0 Å². The van der Waals surface area contributed by atoms with Crippen LogP contribution in [0.4, 0.5) is 0 Å². The molecule has 2 aromatic carbocycles. The van der Waals surface area contributed by atoms with Gasteiger partial charge in [-0.2, -0.15) is 0 Å². The Kier molecular flexibility index (Phi) is 6.41. The molecule has 106 valence electrons. The third kappa shape index (κ3) is 4.77. The lowest BCUT2D eigenvalue weighted by Gasteiger charge is -2.15. The second-order valence-corrected chi connectivity index (χ2v) is 7.20. The van der Waals surface area contributed by atoms with Crippen molar-refractivity contribution < 1.29 is 0 Å². The average molecular weight is 437 g/mol. The summed E-state index contributed by atoms with van der Waals surface area (Å²) in [5, 5.41) is 2.55. The molecule has 2 rings (SSSR count). The van der Waals surface area contributed by atoms with Crippen LogP contribution >= 0.6 is 55.1 Å². The largest absolute Gasteiger partial charge is 0.0925 e. The minimum Gasteiger partial charge on any atom is -0.0925 e. The van der Waals surface area contributed by atoms with E-state index in [0.29, 0.717) is 5.92 Å². The van der Waals surface area contributed by atoms with Gasteiger partial charge in [0.15, 0.2) is 0 Å². The molecule has 4 heteroatoms. The van der Waals surface area contributed by atoms with E-state index in [1.165, 1.54) is 11.1 Å². The van der Waals surface area contributed by atoms with Crippen molar-refractivity contribution in [1.82, 2.24) is 0 Å². The lowest BCUT2D eigenvalue weighted by Crippen LogP contribution is -2.10. The van der Waals surface area contributed by atoms with Gasteiger partial charge in [-0.05, 0) is 54.2 Å². The van der Waals surface area contributed by atoms with E-state index in [4.69, 9.17) is 23.2 Å². The van der Waals surface area contributed by atoms with Crippen molar-refractivity contribution >= 4 is 55.1 Å². The first kappa shape index (κ1) is 16.4. The fourth-order valence-corrected chi connectivity index (χ4v) is 3.47. The molecule has 0 aliphatic rings. The normalized spacial score (nSPS) is 12.4. The van der Waals surface area contributed by atoms with Crippen molar-refractivity contribution in [2.24, 2.45) is 5.92 Å². The molecule has 0 nitrogen and oxygen atoms in total. The first-order chi connectivity index (χ1) is 9.58. The summed E-state index contributed by atoms with van der Waals surface area (Å²) < 4.78 is 1.01. The number of hydrogen-bond donors (Lipinski definition) is 0. The molecular formula is C16H14Br2Cl2. The van der Waals surface area contributed by atoms with Crippen LogP contribution in [-0.2, 0) is 12.8 Å². The lowest BCUT2D eigenvalue weighted by atomic mass is 9.94. The van der Waals surface area contributed by atoms with Gasteiger partial charge in [-0.1, -0.05) is 73.3 Å². The fraction of sp³-hybridized carbons (Fsp3) is 0.250. The third-order valence-corrected chi connectivity index (χ3v) is 5.19. The van der Waals surface area contributed by atoms with Crippen LogP contribution in [0, 0.1) is 5.92 Å². The number of benzene rings is 2. The minimum atomic E-state index is 0.509. The van der Waals surface area contributed by atoms with E-state index in [1.54, 1.807) is 0 Å². The van der Waals surface area contributed by atoms with Crippen LogP contribution in [0.1, 0.15) is 11.1 Å². The number of rotatable bonds is 5. The van der Waals surface area contributed by atoms with Crippen LogP contribution in [0.2, 0.25) is 10.0 Å². The highest BCUT2D eigenvalue weighted by atomic mass is 79.9. The van der Waals surface area contributed by atoms with Gasteiger partial charge in [-0.25, -0.2) is 0 Å². The number of halogens is 4. The molecule has 2 aromatic rings. The Labute approximate surface area is 146 Å². The summed E-state index contributed by atoms with van der Waals surface area (Å²) in [6.45, 7) is 0. The molecule has 0 aromatic heterocycles. The number of hydrogen-bond acceptors (Lipinski definition) is 0. The van der Waals surface area contributed by atoms with E-state index < -0.39 is 0 Å². The van der Waals surface area contributed by atoms with Gasteiger partial charge in [-0.3, -0.25) is 0 Å². The molecular weight excluding hydrogens is 423 g/mol. The molecule has 0 bridgehead atoms. The molecule has 0 saturated heterocycles. The highest BCUT2D eigenvalue weighted by molar-refractivity contribution is 9.10. The van der Waals surface area contributed by atoms with E-state index >= 15 is 0 Å². The second kappa shape index (κ2) is 7.84. The zero-order valence-electron chi connectivity index (χ0n) is 10.8. The Morgan fingerprint density at radius 2 is 1.65 bits per heavy atom. The molecule has 0 fully saturated rings. The van der Waals surface area contributed by atoms with Gasteiger partial charge in [0, 0.05) is 19.8 Å². The maximum Gasteiger partial charge on any atom is 0.0449 e. The summed E-state index contributed by atoms with van der Waals surface area (Å²) in [6.07, 6.45) is 1.97. The maximum absolute atomic E-state index is 6.29. The average Bonchev–Trinajstić information content (AvgIpc) is 2.43. The highest BCUT2D eigenvalue weighted by Crippen LogP contribution is 2.26. The Hall–Kier alpha value is -0.0200. The molecule has 1 unspecified atom stereocenters. The molecule has 20 heavy (non-hydrogen) atoms. The van der Waals surface area contributed by atoms with Gasteiger partial charge >= 0.3 is 0 Å². The topological polar surface area (TPSA) is 0 Å². The van der Waals surface area contributed by atoms with Crippen LogP contribution in [0.3, 0.4) is 0 Å². The quantitative estimate of drug-likeness (QED) is 0.466. The molecule has 1 atom stereocenters. The summed E-state index contributed by atoms with van der Waals surface area (Å²) >= 11 is 19.2. The second-order valence-electron chi connectivity index (χ2n) is 4.79. The van der Waals surface area contributed by atoms with E-state index in [9.17, 15) is 0 Å². The minimum absolute atomic E-state index is 0.509. The van der Waals surface area contributed by atoms with Gasteiger partial charge in [0.25, 0.3) is 0 Å². The van der Waals surface area contributed by atoms with E-state index in [0.717, 1.165) is 32.7 Å². The number of alkyl halides is 1. The smallest absolute Gasteiger partial charge is 0.0449 e. The molecule has 0 aliphatic carbocycles. The SMILES string of the molecule is Clc1ccc(CC(CBr)Cc2ccc(Br)cc2Cl)cc1. The van der Waals surface area contributed by atoms with E-state index in [2.05, 4.69) is 50.1 Å². The fourth-order valence-electron chi connectivity index (χ4n) is 2.13. The first-order valence-electron chi connectivity index (χ1n) is 6.33. The van der Waals surface area contributed by atoms with Crippen LogP contribution in [0.5, 0.6) is 0 Å². The van der Waals surface area contributed by atoms with Crippen molar-refractivity contribution in [3.05, 3.63) is 68.1 Å². The van der Waals surface area contributed by atoms with Crippen LogP contribution in [0.15, 0.2) is 46.9 Å². The van der Waals surface area contributed by atoms with Gasteiger partial charge in [-0.15, -0.1) is 0 Å². The lowest BCUT2D eigenvalue weighted by molar-refractivity contribution is 0.591. The summed E-state index contributed by atoms with van der Waals surface area (Å²) in [5.41, 5.74) is 2.49. The zero-order chi connectivity index (χ0) is 14.5. The van der Waals surface area contributed by atoms with Crippen molar-refractivity contribution in [2.45, 2.75) is 12.8 Å². The molecule has 0 saturated carbocycles. The molecule has 0 N–H and O–H groups in total. The summed E-state index contributed by atoms with van der Waals surface area (Å²) in [5.74, 6) is 0.509. The summed E-state index contributed by atoms with van der Waals surface area (Å²) in [7, 11) is 0.